The first-order valence-corrected chi connectivity index (χ1v) is 10.3. The number of rotatable bonds is 4. The van der Waals surface area contributed by atoms with Gasteiger partial charge in [-0.05, 0) is 45.0 Å². The molecular formula is C21H20F2N4O3S. The van der Waals surface area contributed by atoms with E-state index in [9.17, 15) is 23.2 Å². The van der Waals surface area contributed by atoms with Gasteiger partial charge < -0.3 is 5.32 Å². The van der Waals surface area contributed by atoms with Crippen LogP contribution < -0.4 is 16.2 Å². The fourth-order valence-electron chi connectivity index (χ4n) is 2.75. The average Bonchev–Trinajstić information content (AvgIpc) is 2.66. The van der Waals surface area contributed by atoms with Gasteiger partial charge in [0.15, 0.2) is 5.16 Å². The van der Waals surface area contributed by atoms with Crippen LogP contribution in [0.2, 0.25) is 0 Å². The maximum atomic E-state index is 14.5. The third-order valence-corrected chi connectivity index (χ3v) is 4.91. The second-order valence-electron chi connectivity index (χ2n) is 7.69. The molecule has 0 spiro atoms. The van der Waals surface area contributed by atoms with Crippen molar-refractivity contribution in [1.29, 1.82) is 0 Å². The van der Waals surface area contributed by atoms with E-state index in [2.05, 4.69) is 15.6 Å². The van der Waals surface area contributed by atoms with Crippen LogP contribution in [0.5, 0.6) is 0 Å². The van der Waals surface area contributed by atoms with Crippen LogP contribution in [-0.2, 0) is 4.79 Å². The zero-order valence-electron chi connectivity index (χ0n) is 17.0. The Morgan fingerprint density at radius 1 is 1.13 bits per heavy atom. The minimum atomic E-state index is -0.949. The second-order valence-corrected chi connectivity index (χ2v) is 8.63. The lowest BCUT2D eigenvalue weighted by atomic mass is 10.1. The minimum Gasteiger partial charge on any atom is -0.333 e. The number of hydrogen-bond acceptors (Lipinski definition) is 5. The fraction of sp³-hybridized carbons (Fsp3) is 0.238. The number of urea groups is 1. The molecule has 0 saturated heterocycles. The molecule has 7 nitrogen and oxygen atoms in total. The van der Waals surface area contributed by atoms with Gasteiger partial charge >= 0.3 is 6.03 Å². The number of thioether (sulfide) groups is 1. The maximum Gasteiger partial charge on any atom is 0.321 e. The molecule has 0 fully saturated rings. The molecule has 3 rings (SSSR count). The highest BCUT2D eigenvalue weighted by atomic mass is 32.2. The summed E-state index contributed by atoms with van der Waals surface area (Å²) >= 11 is 0.851. The van der Waals surface area contributed by atoms with E-state index in [-0.39, 0.29) is 22.0 Å². The number of benzene rings is 2. The van der Waals surface area contributed by atoms with E-state index in [1.807, 2.05) is 0 Å². The van der Waals surface area contributed by atoms with Crippen molar-refractivity contribution in [3.63, 3.8) is 0 Å². The molecule has 1 heterocycles. The summed E-state index contributed by atoms with van der Waals surface area (Å²) in [6, 6.07) is 8.65. The number of halogens is 2. The molecule has 2 N–H and O–H groups in total. The number of carbonyl (C=O) groups excluding carboxylic acids is 2. The third-order valence-electron chi connectivity index (χ3n) is 3.97. The molecule has 0 saturated carbocycles. The van der Waals surface area contributed by atoms with Crippen LogP contribution in [0.4, 0.5) is 13.6 Å². The van der Waals surface area contributed by atoms with Crippen LogP contribution in [0.3, 0.4) is 0 Å². The molecular weight excluding hydrogens is 426 g/mol. The molecule has 0 aliphatic heterocycles. The van der Waals surface area contributed by atoms with Crippen molar-refractivity contribution in [3.8, 4) is 5.69 Å². The van der Waals surface area contributed by atoms with Gasteiger partial charge in [0.2, 0.25) is 5.91 Å². The lowest BCUT2D eigenvalue weighted by Crippen LogP contribution is -2.48. The summed E-state index contributed by atoms with van der Waals surface area (Å²) in [4.78, 5) is 41.5. The number of carbonyl (C=O) groups is 2. The normalized spacial score (nSPS) is 11.4. The second kappa shape index (κ2) is 8.84. The highest BCUT2D eigenvalue weighted by Gasteiger charge is 2.19. The highest BCUT2D eigenvalue weighted by Crippen LogP contribution is 2.23. The Kier molecular flexibility index (Phi) is 6.40. The Balaban J connectivity index is 1.95. The average molecular weight is 446 g/mol. The summed E-state index contributed by atoms with van der Waals surface area (Å²) in [6.07, 6.45) is 0. The van der Waals surface area contributed by atoms with Crippen LogP contribution in [0.15, 0.2) is 52.4 Å². The predicted molar refractivity (Wildman–Crippen MR) is 114 cm³/mol. The van der Waals surface area contributed by atoms with Crippen molar-refractivity contribution in [3.05, 3.63) is 64.5 Å². The van der Waals surface area contributed by atoms with Gasteiger partial charge in [0.1, 0.15) is 11.6 Å². The SMILES string of the molecule is CC(C)(C)NC(=O)NC(=O)CSc1nc2ccccc2c(=O)n1-c1ccc(F)cc1F. The quantitative estimate of drug-likeness (QED) is 0.474. The van der Waals surface area contributed by atoms with E-state index in [4.69, 9.17) is 0 Å². The third kappa shape index (κ3) is 5.46. The van der Waals surface area contributed by atoms with Crippen LogP contribution in [0.25, 0.3) is 16.6 Å². The molecule has 10 heteroatoms. The fourth-order valence-corrected chi connectivity index (χ4v) is 3.55. The molecule has 31 heavy (non-hydrogen) atoms. The Morgan fingerprint density at radius 3 is 2.52 bits per heavy atom. The number of hydrogen-bond donors (Lipinski definition) is 2. The smallest absolute Gasteiger partial charge is 0.321 e. The van der Waals surface area contributed by atoms with E-state index in [1.54, 1.807) is 45.0 Å². The molecule has 0 atom stereocenters. The molecule has 3 amide bonds. The summed E-state index contributed by atoms with van der Waals surface area (Å²) in [6.45, 7) is 5.29. The molecule has 0 bridgehead atoms. The Bertz CT molecular complexity index is 1220. The lowest BCUT2D eigenvalue weighted by molar-refractivity contribution is -0.117. The van der Waals surface area contributed by atoms with Gasteiger partial charge in [0, 0.05) is 11.6 Å². The van der Waals surface area contributed by atoms with Crippen molar-refractivity contribution in [1.82, 2.24) is 20.2 Å². The Hall–Kier alpha value is -3.27. The number of imide groups is 1. The zero-order chi connectivity index (χ0) is 22.8. The summed E-state index contributed by atoms with van der Waals surface area (Å²) in [5, 5.41) is 5.05. The highest BCUT2D eigenvalue weighted by molar-refractivity contribution is 7.99. The topological polar surface area (TPSA) is 93.1 Å². The van der Waals surface area contributed by atoms with Gasteiger partial charge in [-0.3, -0.25) is 19.5 Å². The van der Waals surface area contributed by atoms with Gasteiger partial charge in [-0.2, -0.15) is 0 Å². The van der Waals surface area contributed by atoms with Gasteiger partial charge in [-0.15, -0.1) is 0 Å². The first kappa shape index (κ1) is 22.4. The number of fused-ring (bicyclic) bond motifs is 1. The lowest BCUT2D eigenvalue weighted by Gasteiger charge is -2.20. The standard InChI is InChI=1S/C21H20F2N4O3S/c1-21(2,3)26-19(30)25-17(28)11-31-20-24-15-7-5-4-6-13(15)18(29)27(20)16-9-8-12(22)10-14(16)23/h4-10H,11H2,1-3H3,(H2,25,26,28,30). The molecule has 1 aromatic heterocycles. The molecule has 0 radical (unpaired) electrons. The van der Waals surface area contributed by atoms with E-state index in [0.29, 0.717) is 11.6 Å². The Labute approximate surface area is 180 Å². The molecule has 2 aromatic carbocycles. The van der Waals surface area contributed by atoms with Crippen LogP contribution in [-0.4, -0.2) is 32.8 Å². The number of aromatic nitrogens is 2. The summed E-state index contributed by atoms with van der Waals surface area (Å²) in [7, 11) is 0. The van der Waals surface area contributed by atoms with Crippen LogP contribution >= 0.6 is 11.8 Å². The van der Waals surface area contributed by atoms with E-state index in [1.165, 1.54) is 0 Å². The van der Waals surface area contributed by atoms with Crippen molar-refractivity contribution < 1.29 is 18.4 Å². The minimum absolute atomic E-state index is 0.0283. The maximum absolute atomic E-state index is 14.5. The van der Waals surface area contributed by atoms with E-state index >= 15 is 0 Å². The zero-order valence-corrected chi connectivity index (χ0v) is 17.8. The van der Waals surface area contributed by atoms with E-state index < -0.39 is 34.7 Å². The van der Waals surface area contributed by atoms with Crippen LogP contribution in [0.1, 0.15) is 20.8 Å². The number of nitrogens with one attached hydrogen (secondary N) is 2. The summed E-state index contributed by atoms with van der Waals surface area (Å²) in [5.41, 5.74) is -0.931. The van der Waals surface area contributed by atoms with Crippen molar-refractivity contribution >= 4 is 34.6 Å². The van der Waals surface area contributed by atoms with E-state index in [0.717, 1.165) is 28.5 Å². The number of amides is 3. The van der Waals surface area contributed by atoms with Gasteiger partial charge in [0.05, 0.1) is 22.3 Å². The van der Waals surface area contributed by atoms with Crippen molar-refractivity contribution in [2.24, 2.45) is 0 Å². The number of nitrogens with zero attached hydrogens (tertiary/aromatic N) is 2. The van der Waals surface area contributed by atoms with Crippen molar-refractivity contribution in [2.75, 3.05) is 5.75 Å². The first-order chi connectivity index (χ1) is 14.5. The van der Waals surface area contributed by atoms with Crippen LogP contribution in [0, 0.1) is 11.6 Å². The predicted octanol–water partition coefficient (Wildman–Crippen LogP) is 3.38. The summed E-state index contributed by atoms with van der Waals surface area (Å²) < 4.78 is 28.8. The van der Waals surface area contributed by atoms with Gasteiger partial charge in [-0.1, -0.05) is 23.9 Å². The van der Waals surface area contributed by atoms with Gasteiger partial charge in [-0.25, -0.2) is 18.6 Å². The van der Waals surface area contributed by atoms with Crippen molar-refractivity contribution in [2.45, 2.75) is 31.5 Å². The molecule has 0 aliphatic carbocycles. The molecule has 0 unspecified atom stereocenters. The largest absolute Gasteiger partial charge is 0.333 e. The van der Waals surface area contributed by atoms with Gasteiger partial charge in [0.25, 0.3) is 5.56 Å². The number of para-hydroxylation sites is 1. The monoisotopic (exact) mass is 446 g/mol. The first-order valence-electron chi connectivity index (χ1n) is 9.27. The Morgan fingerprint density at radius 2 is 1.84 bits per heavy atom. The molecule has 3 aromatic rings. The molecule has 162 valence electrons. The summed E-state index contributed by atoms with van der Waals surface area (Å²) in [5.74, 6) is -2.62. The molecule has 0 aliphatic rings.